The fourth-order valence-corrected chi connectivity index (χ4v) is 1.71. The molecule has 110 valence electrons. The minimum absolute atomic E-state index is 0. The molecule has 0 aliphatic heterocycles. The molecule has 1 rings (SSSR count). The molecule has 4 heteroatoms. The summed E-state index contributed by atoms with van der Waals surface area (Å²) < 4.78 is 5.70. The van der Waals surface area contributed by atoms with Crippen molar-refractivity contribution in [3.8, 4) is 5.75 Å². The van der Waals surface area contributed by atoms with Crippen LogP contribution >= 0.6 is 12.4 Å². The smallest absolute Gasteiger partial charge is 0.122 e. The first-order chi connectivity index (χ1) is 8.50. The SMILES string of the molecule is CC(C)NCC(O)COc1ccccc1C(C)C.Cl. The van der Waals surface area contributed by atoms with Gasteiger partial charge in [0.1, 0.15) is 18.5 Å². The van der Waals surface area contributed by atoms with Gasteiger partial charge in [-0.15, -0.1) is 12.4 Å². The maximum absolute atomic E-state index is 9.80. The molecule has 0 heterocycles. The van der Waals surface area contributed by atoms with E-state index in [1.54, 1.807) is 0 Å². The summed E-state index contributed by atoms with van der Waals surface area (Å²) in [5.74, 6) is 1.29. The second-order valence-corrected chi connectivity index (χ2v) is 5.22. The molecular weight excluding hydrogens is 262 g/mol. The summed E-state index contributed by atoms with van der Waals surface area (Å²) in [5, 5.41) is 13.0. The van der Waals surface area contributed by atoms with Gasteiger partial charge in [-0.2, -0.15) is 0 Å². The zero-order valence-electron chi connectivity index (χ0n) is 12.2. The molecule has 19 heavy (non-hydrogen) atoms. The highest BCUT2D eigenvalue weighted by molar-refractivity contribution is 5.85. The molecule has 0 aromatic heterocycles. The molecule has 1 aromatic carbocycles. The van der Waals surface area contributed by atoms with Gasteiger partial charge in [-0.1, -0.05) is 45.9 Å². The Labute approximate surface area is 122 Å². The Morgan fingerprint density at radius 1 is 1.16 bits per heavy atom. The molecule has 0 bridgehead atoms. The minimum Gasteiger partial charge on any atom is -0.491 e. The fraction of sp³-hybridized carbons (Fsp3) is 0.600. The van der Waals surface area contributed by atoms with Gasteiger partial charge < -0.3 is 15.2 Å². The van der Waals surface area contributed by atoms with E-state index < -0.39 is 6.10 Å². The van der Waals surface area contributed by atoms with E-state index in [1.165, 1.54) is 5.56 Å². The number of benzene rings is 1. The number of para-hydroxylation sites is 1. The molecule has 1 unspecified atom stereocenters. The van der Waals surface area contributed by atoms with Crippen LogP contribution in [0.5, 0.6) is 5.75 Å². The van der Waals surface area contributed by atoms with Gasteiger partial charge in [0.2, 0.25) is 0 Å². The molecular formula is C15H26ClNO2. The van der Waals surface area contributed by atoms with Crippen molar-refractivity contribution < 1.29 is 9.84 Å². The molecule has 0 spiro atoms. The quantitative estimate of drug-likeness (QED) is 0.810. The van der Waals surface area contributed by atoms with Gasteiger partial charge in [0.15, 0.2) is 0 Å². The van der Waals surface area contributed by atoms with Crippen LogP contribution in [-0.2, 0) is 0 Å². The van der Waals surface area contributed by atoms with Crippen molar-refractivity contribution in [2.24, 2.45) is 0 Å². The lowest BCUT2D eigenvalue weighted by Gasteiger charge is -2.17. The zero-order chi connectivity index (χ0) is 13.5. The van der Waals surface area contributed by atoms with Crippen LogP contribution in [0.1, 0.15) is 39.2 Å². The summed E-state index contributed by atoms with van der Waals surface area (Å²) in [5.41, 5.74) is 1.18. The van der Waals surface area contributed by atoms with E-state index in [1.807, 2.05) is 18.2 Å². The van der Waals surface area contributed by atoms with Crippen LogP contribution in [0.15, 0.2) is 24.3 Å². The minimum atomic E-state index is -0.479. The van der Waals surface area contributed by atoms with Crippen LogP contribution in [0.4, 0.5) is 0 Å². The van der Waals surface area contributed by atoms with Crippen LogP contribution in [-0.4, -0.2) is 30.4 Å². The van der Waals surface area contributed by atoms with Crippen LogP contribution in [0.3, 0.4) is 0 Å². The number of aliphatic hydroxyl groups is 1. The first-order valence-corrected chi connectivity index (χ1v) is 6.64. The molecule has 2 N–H and O–H groups in total. The zero-order valence-corrected chi connectivity index (χ0v) is 13.0. The van der Waals surface area contributed by atoms with E-state index in [0.717, 1.165) is 5.75 Å². The van der Waals surface area contributed by atoms with Gasteiger partial charge in [-0.3, -0.25) is 0 Å². The maximum Gasteiger partial charge on any atom is 0.122 e. The van der Waals surface area contributed by atoms with Crippen molar-refractivity contribution >= 4 is 12.4 Å². The monoisotopic (exact) mass is 287 g/mol. The molecule has 0 aliphatic rings. The second-order valence-electron chi connectivity index (χ2n) is 5.22. The summed E-state index contributed by atoms with van der Waals surface area (Å²) in [7, 11) is 0. The van der Waals surface area contributed by atoms with Crippen molar-refractivity contribution in [3.05, 3.63) is 29.8 Å². The van der Waals surface area contributed by atoms with Crippen molar-refractivity contribution in [2.75, 3.05) is 13.2 Å². The van der Waals surface area contributed by atoms with Gasteiger partial charge >= 0.3 is 0 Å². The summed E-state index contributed by atoms with van der Waals surface area (Å²) in [6.07, 6.45) is -0.479. The largest absolute Gasteiger partial charge is 0.491 e. The van der Waals surface area contributed by atoms with Gasteiger partial charge in [0.05, 0.1) is 0 Å². The fourth-order valence-electron chi connectivity index (χ4n) is 1.71. The Morgan fingerprint density at radius 3 is 2.37 bits per heavy atom. The van der Waals surface area contributed by atoms with Gasteiger partial charge in [-0.05, 0) is 17.5 Å². The lowest BCUT2D eigenvalue weighted by atomic mass is 10.0. The second kappa shape index (κ2) is 9.18. The van der Waals surface area contributed by atoms with Gasteiger partial charge in [0.25, 0.3) is 0 Å². The van der Waals surface area contributed by atoms with E-state index in [4.69, 9.17) is 4.74 Å². The third-order valence-corrected chi connectivity index (χ3v) is 2.73. The molecule has 0 saturated carbocycles. The lowest BCUT2D eigenvalue weighted by molar-refractivity contribution is 0.104. The van der Waals surface area contributed by atoms with Crippen molar-refractivity contribution in [2.45, 2.75) is 45.8 Å². The molecule has 0 fully saturated rings. The van der Waals surface area contributed by atoms with Crippen LogP contribution in [0.25, 0.3) is 0 Å². The summed E-state index contributed by atoms with van der Waals surface area (Å²) >= 11 is 0. The van der Waals surface area contributed by atoms with Gasteiger partial charge in [0, 0.05) is 12.6 Å². The Kier molecular flexibility index (Phi) is 8.81. The molecule has 1 atom stereocenters. The molecule has 0 radical (unpaired) electrons. The third-order valence-electron chi connectivity index (χ3n) is 2.73. The van der Waals surface area contributed by atoms with Gasteiger partial charge in [-0.25, -0.2) is 0 Å². The van der Waals surface area contributed by atoms with Crippen molar-refractivity contribution in [1.29, 1.82) is 0 Å². The number of ether oxygens (including phenoxy) is 1. The van der Waals surface area contributed by atoms with E-state index >= 15 is 0 Å². The predicted octanol–water partition coefficient (Wildman–Crippen LogP) is 2.97. The number of halogens is 1. The van der Waals surface area contributed by atoms with Crippen LogP contribution in [0.2, 0.25) is 0 Å². The highest BCUT2D eigenvalue weighted by Gasteiger charge is 2.10. The number of nitrogens with one attached hydrogen (secondary N) is 1. The third kappa shape index (κ3) is 6.81. The number of rotatable bonds is 7. The molecule has 0 saturated heterocycles. The normalized spacial score (nSPS) is 12.4. The Hall–Kier alpha value is -0.770. The lowest BCUT2D eigenvalue weighted by Crippen LogP contribution is -2.35. The number of aliphatic hydroxyl groups excluding tert-OH is 1. The molecule has 1 aromatic rings. The highest BCUT2D eigenvalue weighted by Crippen LogP contribution is 2.25. The number of hydrogen-bond acceptors (Lipinski definition) is 3. The van der Waals surface area contributed by atoms with Crippen molar-refractivity contribution in [3.63, 3.8) is 0 Å². The molecule has 0 aliphatic carbocycles. The standard InChI is InChI=1S/C15H25NO2.ClH/c1-11(2)14-7-5-6-8-15(14)18-10-13(17)9-16-12(3)4;/h5-8,11-13,16-17H,9-10H2,1-4H3;1H. The van der Waals surface area contributed by atoms with Crippen molar-refractivity contribution in [1.82, 2.24) is 5.32 Å². The first kappa shape index (κ1) is 18.2. The predicted molar refractivity (Wildman–Crippen MR) is 82.4 cm³/mol. The molecule has 3 nitrogen and oxygen atoms in total. The summed E-state index contributed by atoms with van der Waals surface area (Å²) in [6.45, 7) is 9.27. The van der Waals surface area contributed by atoms with E-state index in [-0.39, 0.29) is 12.4 Å². The summed E-state index contributed by atoms with van der Waals surface area (Å²) in [4.78, 5) is 0. The Balaban J connectivity index is 0.00000324. The summed E-state index contributed by atoms with van der Waals surface area (Å²) in [6, 6.07) is 8.37. The highest BCUT2D eigenvalue weighted by atomic mass is 35.5. The number of hydrogen-bond donors (Lipinski definition) is 2. The van der Waals surface area contributed by atoms with E-state index in [0.29, 0.717) is 25.1 Å². The Bertz CT molecular complexity index is 356. The average Bonchev–Trinajstić information content (AvgIpc) is 2.34. The average molecular weight is 288 g/mol. The topological polar surface area (TPSA) is 41.5 Å². The van der Waals surface area contributed by atoms with Crippen LogP contribution < -0.4 is 10.1 Å². The maximum atomic E-state index is 9.80. The van der Waals surface area contributed by atoms with E-state index in [9.17, 15) is 5.11 Å². The first-order valence-electron chi connectivity index (χ1n) is 6.64. The van der Waals surface area contributed by atoms with Crippen LogP contribution in [0, 0.1) is 0 Å². The molecule has 0 amide bonds. The van der Waals surface area contributed by atoms with E-state index in [2.05, 4.69) is 39.1 Å². The Morgan fingerprint density at radius 2 is 1.79 bits per heavy atom.